The summed E-state index contributed by atoms with van der Waals surface area (Å²) in [7, 11) is 0. The zero-order chi connectivity index (χ0) is 18.9. The Morgan fingerprint density at radius 1 is 1.18 bits per heavy atom. The summed E-state index contributed by atoms with van der Waals surface area (Å²) in [5, 5.41) is 7.03. The molecule has 3 rings (SSSR count). The maximum atomic E-state index is 4.79. The third-order valence-corrected chi connectivity index (χ3v) is 5.17. The number of fused-ring (bicyclic) bond motifs is 1. The quantitative estimate of drug-likeness (QED) is 0.253. The second-order valence-electron chi connectivity index (χ2n) is 7.30. The minimum atomic E-state index is 0. The van der Waals surface area contributed by atoms with Crippen LogP contribution >= 0.6 is 24.0 Å². The highest BCUT2D eigenvalue weighted by atomic mass is 127. The number of aromatic nitrogens is 2. The average Bonchev–Trinajstić information content (AvgIpc) is 3.10. The van der Waals surface area contributed by atoms with Crippen molar-refractivity contribution in [2.75, 3.05) is 32.7 Å². The van der Waals surface area contributed by atoms with Crippen LogP contribution in [0, 0.1) is 0 Å². The van der Waals surface area contributed by atoms with Crippen LogP contribution in [-0.2, 0) is 6.54 Å². The predicted molar refractivity (Wildman–Crippen MR) is 129 cm³/mol. The zero-order valence-electron chi connectivity index (χ0n) is 17.2. The summed E-state index contributed by atoms with van der Waals surface area (Å²) in [6.07, 6.45) is 6.58. The van der Waals surface area contributed by atoms with Gasteiger partial charge in [-0.05, 0) is 51.3 Å². The first kappa shape index (κ1) is 22.9. The van der Waals surface area contributed by atoms with Crippen molar-refractivity contribution >= 4 is 41.0 Å². The molecule has 0 unspecified atom stereocenters. The number of aliphatic imine (C=N–C) groups is 1. The molecule has 2 heterocycles. The number of likely N-dealkylation sites (tertiary alicyclic amines) is 1. The van der Waals surface area contributed by atoms with E-state index in [2.05, 4.69) is 57.1 Å². The molecule has 2 aromatic rings. The summed E-state index contributed by atoms with van der Waals surface area (Å²) in [5.41, 5.74) is 2.26. The van der Waals surface area contributed by atoms with Crippen molar-refractivity contribution in [3.8, 4) is 0 Å². The van der Waals surface area contributed by atoms with Crippen LogP contribution in [0.25, 0.3) is 11.0 Å². The first-order chi connectivity index (χ1) is 13.3. The van der Waals surface area contributed by atoms with Crippen molar-refractivity contribution < 1.29 is 0 Å². The van der Waals surface area contributed by atoms with E-state index in [1.54, 1.807) is 0 Å². The molecule has 156 valence electrons. The van der Waals surface area contributed by atoms with Gasteiger partial charge in [0.15, 0.2) is 5.96 Å². The van der Waals surface area contributed by atoms with Gasteiger partial charge in [0.25, 0.3) is 0 Å². The molecule has 1 saturated heterocycles. The Balaban J connectivity index is 0.00000280. The third kappa shape index (κ3) is 6.62. The smallest absolute Gasteiger partial charge is 0.191 e. The molecule has 0 amide bonds. The number of hydrogen-bond acceptors (Lipinski definition) is 3. The lowest BCUT2D eigenvalue weighted by molar-refractivity contribution is 0.206. The van der Waals surface area contributed by atoms with E-state index >= 15 is 0 Å². The molecule has 0 spiro atoms. The van der Waals surface area contributed by atoms with Crippen LogP contribution in [0.3, 0.4) is 0 Å². The number of benzene rings is 1. The zero-order valence-corrected chi connectivity index (χ0v) is 19.6. The molecule has 1 aromatic heterocycles. The highest BCUT2D eigenvalue weighted by molar-refractivity contribution is 14.0. The lowest BCUT2D eigenvalue weighted by Crippen LogP contribution is -2.48. The van der Waals surface area contributed by atoms with Crippen molar-refractivity contribution in [2.24, 2.45) is 4.99 Å². The van der Waals surface area contributed by atoms with Crippen molar-refractivity contribution in [2.45, 2.75) is 52.1 Å². The van der Waals surface area contributed by atoms with Crippen LogP contribution in [0.1, 0.15) is 39.5 Å². The third-order valence-electron chi connectivity index (χ3n) is 5.17. The van der Waals surface area contributed by atoms with E-state index in [0.29, 0.717) is 6.04 Å². The molecular weight excluding hydrogens is 463 g/mol. The number of nitrogens with zero attached hydrogens (tertiary/aromatic N) is 4. The Hall–Kier alpha value is -1.35. The van der Waals surface area contributed by atoms with Crippen molar-refractivity contribution in [1.29, 1.82) is 0 Å². The first-order valence-corrected chi connectivity index (χ1v) is 10.5. The van der Waals surface area contributed by atoms with Crippen molar-refractivity contribution in [3.05, 3.63) is 30.6 Å². The van der Waals surface area contributed by atoms with E-state index in [-0.39, 0.29) is 24.0 Å². The van der Waals surface area contributed by atoms with Gasteiger partial charge >= 0.3 is 0 Å². The van der Waals surface area contributed by atoms with Gasteiger partial charge < -0.3 is 20.1 Å². The van der Waals surface area contributed by atoms with E-state index in [1.807, 2.05) is 12.4 Å². The molecule has 0 aliphatic carbocycles. The van der Waals surface area contributed by atoms with E-state index in [4.69, 9.17) is 4.99 Å². The highest BCUT2D eigenvalue weighted by Crippen LogP contribution is 2.12. The predicted octanol–water partition coefficient (Wildman–Crippen LogP) is 3.47. The second kappa shape index (κ2) is 12.3. The number of para-hydroxylation sites is 2. The number of nitrogens with one attached hydrogen (secondary N) is 2. The molecule has 1 aliphatic heterocycles. The molecular formula is C21H35IN6. The molecule has 1 fully saturated rings. The first-order valence-electron chi connectivity index (χ1n) is 10.5. The number of imidazole rings is 1. The maximum Gasteiger partial charge on any atom is 0.191 e. The standard InChI is InChI=1S/C21H34N6.HI/c1-3-13-26-15-10-18(11-16-26)25-21(22-4-2)23-12-7-14-27-17-24-19-8-5-6-9-20(19)27;/h5-6,8-9,17-18H,3-4,7,10-16H2,1-2H3,(H2,22,23,25);1H. The molecule has 6 nitrogen and oxygen atoms in total. The van der Waals surface area contributed by atoms with Crippen molar-refractivity contribution in [1.82, 2.24) is 25.1 Å². The van der Waals surface area contributed by atoms with Crippen LogP contribution < -0.4 is 10.6 Å². The fourth-order valence-corrected chi connectivity index (χ4v) is 3.75. The maximum absolute atomic E-state index is 4.79. The van der Waals surface area contributed by atoms with Crippen molar-refractivity contribution in [3.63, 3.8) is 0 Å². The summed E-state index contributed by atoms with van der Waals surface area (Å²) in [4.78, 5) is 11.8. The number of rotatable bonds is 8. The largest absolute Gasteiger partial charge is 0.357 e. The van der Waals surface area contributed by atoms with Crippen LogP contribution in [0.5, 0.6) is 0 Å². The molecule has 0 bridgehead atoms. The topological polar surface area (TPSA) is 57.5 Å². The summed E-state index contributed by atoms with van der Waals surface area (Å²) >= 11 is 0. The van der Waals surface area contributed by atoms with Gasteiger partial charge in [-0.1, -0.05) is 19.1 Å². The molecule has 0 radical (unpaired) electrons. The van der Waals surface area contributed by atoms with Gasteiger partial charge in [-0.2, -0.15) is 0 Å². The summed E-state index contributed by atoms with van der Waals surface area (Å²) < 4.78 is 2.22. The average molecular weight is 498 g/mol. The normalized spacial score (nSPS) is 16.1. The SMILES string of the molecule is CCCN1CCC(NC(=NCCCn2cnc3ccccc32)NCC)CC1.I. The van der Waals surface area contributed by atoms with E-state index < -0.39 is 0 Å². The number of aryl methyl sites for hydroxylation is 1. The molecule has 0 saturated carbocycles. The number of guanidine groups is 1. The Bertz CT molecular complexity index is 721. The van der Waals surface area contributed by atoms with Gasteiger partial charge in [-0.25, -0.2) is 4.98 Å². The van der Waals surface area contributed by atoms with Crippen LogP contribution in [0.4, 0.5) is 0 Å². The molecule has 7 heteroatoms. The molecule has 1 aromatic carbocycles. The van der Waals surface area contributed by atoms with Gasteiger partial charge in [0.1, 0.15) is 0 Å². The number of hydrogen-bond donors (Lipinski definition) is 2. The molecule has 28 heavy (non-hydrogen) atoms. The lowest BCUT2D eigenvalue weighted by atomic mass is 10.1. The van der Waals surface area contributed by atoms with E-state index in [9.17, 15) is 0 Å². The van der Waals surface area contributed by atoms with E-state index in [1.165, 1.54) is 44.4 Å². The van der Waals surface area contributed by atoms with Crippen LogP contribution in [-0.4, -0.2) is 59.2 Å². The fraction of sp³-hybridized carbons (Fsp3) is 0.619. The lowest BCUT2D eigenvalue weighted by Gasteiger charge is -2.32. The summed E-state index contributed by atoms with van der Waals surface area (Å²) in [6.45, 7) is 10.6. The number of halogens is 1. The van der Waals surface area contributed by atoms with Gasteiger partial charge in [-0.3, -0.25) is 4.99 Å². The Labute approximate surface area is 186 Å². The van der Waals surface area contributed by atoms with E-state index in [0.717, 1.165) is 37.5 Å². The Morgan fingerprint density at radius 2 is 1.96 bits per heavy atom. The molecule has 1 aliphatic rings. The van der Waals surface area contributed by atoms with Crippen LogP contribution in [0.2, 0.25) is 0 Å². The van der Waals surface area contributed by atoms with Gasteiger partial charge in [0.2, 0.25) is 0 Å². The minimum absolute atomic E-state index is 0. The van der Waals surface area contributed by atoms with Crippen LogP contribution in [0.15, 0.2) is 35.6 Å². The molecule has 2 N–H and O–H groups in total. The Kier molecular flexibility index (Phi) is 10.0. The number of piperidine rings is 1. The second-order valence-corrected chi connectivity index (χ2v) is 7.30. The monoisotopic (exact) mass is 498 g/mol. The van der Waals surface area contributed by atoms with Gasteiger partial charge in [-0.15, -0.1) is 24.0 Å². The summed E-state index contributed by atoms with van der Waals surface area (Å²) in [6, 6.07) is 8.82. The van der Waals surface area contributed by atoms with Gasteiger partial charge in [0.05, 0.1) is 17.4 Å². The molecule has 0 atom stereocenters. The van der Waals surface area contributed by atoms with Gasteiger partial charge in [0, 0.05) is 38.8 Å². The summed E-state index contributed by atoms with van der Waals surface area (Å²) in [5.74, 6) is 0.960. The fourth-order valence-electron chi connectivity index (χ4n) is 3.75. The highest BCUT2D eigenvalue weighted by Gasteiger charge is 2.19. The Morgan fingerprint density at radius 3 is 2.71 bits per heavy atom. The minimum Gasteiger partial charge on any atom is -0.357 e.